The number of pyridine rings is 2. The Bertz CT molecular complexity index is 1090. The summed E-state index contributed by atoms with van der Waals surface area (Å²) in [6.07, 6.45) is 6.13. The first-order valence-electron chi connectivity index (χ1n) is 8.97. The number of aromatic hydroxyl groups is 1. The molecular weight excluding hydrogens is 415 g/mol. The van der Waals surface area contributed by atoms with Gasteiger partial charge in [0.1, 0.15) is 0 Å². The molecule has 6 nitrogen and oxygen atoms in total. The van der Waals surface area contributed by atoms with Crippen molar-refractivity contribution in [2.24, 2.45) is 0 Å². The van der Waals surface area contributed by atoms with Crippen LogP contribution in [0.1, 0.15) is 18.2 Å². The Morgan fingerprint density at radius 1 is 1.00 bits per heavy atom. The van der Waals surface area contributed by atoms with Crippen molar-refractivity contribution in [3.8, 4) is 17.6 Å². The molecule has 1 N–H and O–H groups in total. The van der Waals surface area contributed by atoms with Gasteiger partial charge < -0.3 is 0 Å². The van der Waals surface area contributed by atoms with Gasteiger partial charge in [0, 0.05) is 0 Å². The predicted molar refractivity (Wildman–Crippen MR) is 110 cm³/mol. The number of nitrogens with zero attached hydrogens (tertiary/aromatic N) is 4. The van der Waals surface area contributed by atoms with Gasteiger partial charge in [-0.05, 0) is 0 Å². The van der Waals surface area contributed by atoms with E-state index in [0.29, 0.717) is 16.7 Å². The molecule has 0 aliphatic heterocycles. The van der Waals surface area contributed by atoms with E-state index >= 15 is 0 Å². The number of hydrogen-bond donors (Lipinski definition) is 1. The zero-order valence-electron chi connectivity index (χ0n) is 15.3. The van der Waals surface area contributed by atoms with Crippen molar-refractivity contribution in [3.63, 3.8) is 0 Å². The molecule has 1 unspecified atom stereocenters. The number of rotatable bonds is 6. The molecule has 3 heterocycles. The molecule has 1 atom stereocenters. The Morgan fingerprint density at radius 2 is 1.86 bits per heavy atom. The normalized spacial score (nSPS) is 11.3. The van der Waals surface area contributed by atoms with E-state index in [0.717, 1.165) is 17.3 Å². The molecule has 0 bridgehead atoms. The van der Waals surface area contributed by atoms with Crippen molar-refractivity contribution in [1.29, 1.82) is 0 Å². The van der Waals surface area contributed by atoms with Gasteiger partial charge in [0.25, 0.3) is 0 Å². The fraction of sp³-hybridized carbons (Fsp3) is 0.143. The second kappa shape index (κ2) is 8.36. The fourth-order valence-corrected chi connectivity index (χ4v) is 4.79. The van der Waals surface area contributed by atoms with Crippen LogP contribution in [-0.4, -0.2) is 40.8 Å². The van der Waals surface area contributed by atoms with Gasteiger partial charge in [0.2, 0.25) is 0 Å². The monoisotopic (exact) mass is 434 g/mol. The van der Waals surface area contributed by atoms with Crippen LogP contribution >= 0.6 is 0 Å². The van der Waals surface area contributed by atoms with Crippen molar-refractivity contribution >= 4 is 31.0 Å². The number of aryl methyl sites for hydroxylation is 1. The molecule has 0 saturated heterocycles. The van der Waals surface area contributed by atoms with E-state index in [-0.39, 0.29) is 27.6 Å². The zero-order chi connectivity index (χ0) is 19.3. The Labute approximate surface area is 169 Å². The van der Waals surface area contributed by atoms with E-state index in [1.54, 1.807) is 18.5 Å². The van der Waals surface area contributed by atoms with E-state index in [9.17, 15) is 5.11 Å². The Morgan fingerprint density at radius 3 is 2.61 bits per heavy atom. The van der Waals surface area contributed by atoms with Crippen LogP contribution < -0.4 is 9.09 Å². The van der Waals surface area contributed by atoms with Crippen LogP contribution in [0.2, 0.25) is 0 Å². The third-order valence-corrected chi connectivity index (χ3v) is 6.98. The molecular formula is C21H19AsN4O2. The molecule has 0 aliphatic carbocycles. The first kappa shape index (κ1) is 18.4. The van der Waals surface area contributed by atoms with E-state index in [4.69, 9.17) is 4.74 Å². The molecule has 7 heteroatoms. The van der Waals surface area contributed by atoms with Crippen LogP contribution in [0.4, 0.5) is 0 Å². The summed E-state index contributed by atoms with van der Waals surface area (Å²) in [5.41, 5.74) is 2.95. The van der Waals surface area contributed by atoms with Crippen molar-refractivity contribution in [2.45, 2.75) is 18.6 Å². The average molecular weight is 434 g/mol. The second-order valence-corrected chi connectivity index (χ2v) is 8.91. The van der Waals surface area contributed by atoms with Gasteiger partial charge in [-0.25, -0.2) is 0 Å². The number of hydrogen-bond acceptors (Lipinski definition) is 6. The molecule has 140 valence electrons. The van der Waals surface area contributed by atoms with E-state index in [1.807, 2.05) is 18.3 Å². The molecule has 0 saturated carbocycles. The van der Waals surface area contributed by atoms with Crippen molar-refractivity contribution < 1.29 is 9.84 Å². The summed E-state index contributed by atoms with van der Waals surface area (Å²) in [6.45, 7) is 2.13. The van der Waals surface area contributed by atoms with E-state index < -0.39 is 0 Å². The van der Waals surface area contributed by atoms with Crippen LogP contribution in [0.15, 0.2) is 61.1 Å². The van der Waals surface area contributed by atoms with Gasteiger partial charge >= 0.3 is 169 Å². The molecule has 4 aromatic rings. The SMILES string of the molecule is CCc1ccc(C[AsH]c2ccc(Oc3nc(O)c4ccncc4n3)cc2)nc1. The molecule has 28 heavy (non-hydrogen) atoms. The molecule has 1 aromatic carbocycles. The molecule has 0 aliphatic rings. The summed E-state index contributed by atoms with van der Waals surface area (Å²) < 4.78 is 7.02. The van der Waals surface area contributed by atoms with Crippen LogP contribution in [0.3, 0.4) is 0 Å². The molecule has 0 spiro atoms. The average Bonchev–Trinajstić information content (AvgIpc) is 2.74. The zero-order valence-corrected chi connectivity index (χ0v) is 17.4. The van der Waals surface area contributed by atoms with E-state index in [2.05, 4.69) is 51.1 Å². The van der Waals surface area contributed by atoms with Crippen LogP contribution in [0.25, 0.3) is 10.9 Å². The molecule has 0 fully saturated rings. The number of fused-ring (bicyclic) bond motifs is 1. The molecule has 0 amide bonds. The van der Waals surface area contributed by atoms with Gasteiger partial charge in [-0.3, -0.25) is 0 Å². The molecule has 0 radical (unpaired) electrons. The summed E-state index contributed by atoms with van der Waals surface area (Å²) in [5, 5.41) is 11.6. The molecule has 4 rings (SSSR count). The minimum atomic E-state index is -0.312. The predicted octanol–water partition coefficient (Wildman–Crippen LogP) is 2.74. The number of ether oxygens (including phenoxy) is 1. The topological polar surface area (TPSA) is 81.0 Å². The van der Waals surface area contributed by atoms with E-state index in [1.165, 1.54) is 9.91 Å². The van der Waals surface area contributed by atoms with Gasteiger partial charge in [0.15, 0.2) is 0 Å². The summed E-state index contributed by atoms with van der Waals surface area (Å²) in [5.74, 6) is 0.510. The maximum atomic E-state index is 10.0. The van der Waals surface area contributed by atoms with Gasteiger partial charge in [-0.15, -0.1) is 0 Å². The summed E-state index contributed by atoms with van der Waals surface area (Å²) in [7, 11) is 0. The molecule has 3 aromatic heterocycles. The Hall–Kier alpha value is -2.98. The van der Waals surface area contributed by atoms with Crippen LogP contribution in [0.5, 0.6) is 17.6 Å². The van der Waals surface area contributed by atoms with Gasteiger partial charge in [-0.2, -0.15) is 0 Å². The second-order valence-electron chi connectivity index (χ2n) is 6.21. The summed E-state index contributed by atoms with van der Waals surface area (Å²) in [4.78, 5) is 16.8. The van der Waals surface area contributed by atoms with Gasteiger partial charge in [0.05, 0.1) is 0 Å². The summed E-state index contributed by atoms with van der Waals surface area (Å²) >= 11 is -0.312. The Balaban J connectivity index is 1.41. The van der Waals surface area contributed by atoms with Crippen LogP contribution in [-0.2, 0) is 11.6 Å². The standard InChI is InChI=1S/C21H19AsN4O2/c1-2-14-3-6-16(24-12-14)11-22-15-4-7-17(8-5-15)28-21-25-19-13-23-10-9-18(19)20(27)26-21/h3-10,12-13,22H,2,11H2,1H3,(H,25,26,27). The quantitative estimate of drug-likeness (QED) is 0.470. The third-order valence-electron chi connectivity index (χ3n) is 4.29. The summed E-state index contributed by atoms with van der Waals surface area (Å²) in [6, 6.07) is 14.0. The van der Waals surface area contributed by atoms with Crippen molar-refractivity contribution in [3.05, 3.63) is 72.3 Å². The van der Waals surface area contributed by atoms with Crippen LogP contribution in [0, 0.1) is 0 Å². The number of benzene rings is 1. The van der Waals surface area contributed by atoms with Gasteiger partial charge in [-0.1, -0.05) is 0 Å². The fourth-order valence-electron chi connectivity index (χ4n) is 2.70. The minimum absolute atomic E-state index is 0.0991. The third kappa shape index (κ3) is 4.29. The Kier molecular flexibility index (Phi) is 5.49. The number of aromatic nitrogens is 4. The maximum absolute atomic E-state index is 10.0. The van der Waals surface area contributed by atoms with Crippen molar-refractivity contribution in [2.75, 3.05) is 0 Å². The first-order valence-corrected chi connectivity index (χ1v) is 11.5. The first-order chi connectivity index (χ1) is 13.7. The van der Waals surface area contributed by atoms with Crippen molar-refractivity contribution in [1.82, 2.24) is 19.9 Å².